The Morgan fingerprint density at radius 3 is 2.42 bits per heavy atom. The molecular weight excluding hydrogens is 502 g/mol. The number of Topliss-reactive ketones (excluding diaryl/α,β-unsaturated/α-hetero) is 1. The molecular formula is C5H5N3O2W2. The molecule has 0 heterocycles. The summed E-state index contributed by atoms with van der Waals surface area (Å²) in [6.07, 6.45) is 0. The Hall–Kier alpha value is -0.143. The Labute approximate surface area is 90.9 Å². The van der Waals surface area contributed by atoms with E-state index in [0.29, 0.717) is 3.90 Å². The molecule has 0 amide bonds. The molecule has 0 saturated heterocycles. The van der Waals surface area contributed by atoms with Crippen molar-refractivity contribution in [2.24, 2.45) is 8.71 Å². The normalized spacial score (nSPS) is 10.6. The van der Waals surface area contributed by atoms with Gasteiger partial charge in [-0.25, -0.2) is 0 Å². The average molecular weight is 507 g/mol. The summed E-state index contributed by atoms with van der Waals surface area (Å²) in [7, 11) is 0. The Morgan fingerprint density at radius 1 is 1.58 bits per heavy atom. The van der Waals surface area contributed by atoms with Crippen LogP contribution in [0.3, 0.4) is 0 Å². The van der Waals surface area contributed by atoms with E-state index in [1.807, 2.05) is 0 Å². The zero-order valence-electron chi connectivity index (χ0n) is 6.07. The predicted octanol–water partition coefficient (Wildman–Crippen LogP) is -0.0837. The van der Waals surface area contributed by atoms with Crippen molar-refractivity contribution in [3.05, 3.63) is 0 Å². The van der Waals surface area contributed by atoms with Gasteiger partial charge in [-0.3, -0.25) is 0 Å². The first-order chi connectivity index (χ1) is 5.50. The summed E-state index contributed by atoms with van der Waals surface area (Å²) in [6.45, 7) is 1.60. The molecule has 0 aliphatic heterocycles. The van der Waals surface area contributed by atoms with Crippen molar-refractivity contribution in [2.75, 3.05) is 0 Å². The fourth-order valence-corrected chi connectivity index (χ4v) is 1.01. The molecule has 0 radical (unpaired) electrons. The van der Waals surface area contributed by atoms with Gasteiger partial charge < -0.3 is 0 Å². The number of ketones is 1. The quantitative estimate of drug-likeness (QED) is 0.317. The molecule has 0 atom stereocenters. The van der Waals surface area contributed by atoms with Gasteiger partial charge in [-0.15, -0.1) is 0 Å². The first-order valence-corrected chi connectivity index (χ1v) is 5.52. The molecule has 0 aromatic heterocycles. The number of nitrogens with zero attached hydrogens (tertiary/aromatic N) is 2. The van der Waals surface area contributed by atoms with Crippen molar-refractivity contribution in [2.45, 2.75) is 6.92 Å². The van der Waals surface area contributed by atoms with Gasteiger partial charge in [0.25, 0.3) is 0 Å². The van der Waals surface area contributed by atoms with Crippen LogP contribution in [0.5, 0.6) is 0 Å². The second-order valence-electron chi connectivity index (χ2n) is 1.77. The van der Waals surface area contributed by atoms with Crippen molar-refractivity contribution >= 4 is 21.3 Å². The van der Waals surface area contributed by atoms with Crippen molar-refractivity contribution in [3.8, 4) is 0 Å². The summed E-state index contributed by atoms with van der Waals surface area (Å²) >= 11 is 1.78. The van der Waals surface area contributed by atoms with E-state index >= 15 is 0 Å². The SMILES string of the molecule is C[C](=[W])C(=O)C(=N)C(O)=N[N]=[W]. The van der Waals surface area contributed by atoms with Crippen LogP contribution in [0.2, 0.25) is 0 Å². The van der Waals surface area contributed by atoms with Crippen LogP contribution in [0, 0.1) is 5.41 Å². The van der Waals surface area contributed by atoms with E-state index < -0.39 is 17.4 Å². The molecule has 5 nitrogen and oxygen atoms in total. The fraction of sp³-hybridized carbons (Fsp3) is 0.200. The van der Waals surface area contributed by atoms with Gasteiger partial charge in [0.05, 0.1) is 0 Å². The second-order valence-corrected chi connectivity index (χ2v) is 4.55. The Morgan fingerprint density at radius 2 is 2.08 bits per heavy atom. The first kappa shape index (κ1) is 11.9. The summed E-state index contributed by atoms with van der Waals surface area (Å²) in [5.41, 5.74) is -0.493. The van der Waals surface area contributed by atoms with Crippen LogP contribution in [0.4, 0.5) is 0 Å². The Bertz CT molecular complexity index is 280. The molecule has 0 spiro atoms. The van der Waals surface area contributed by atoms with Crippen LogP contribution in [0.15, 0.2) is 8.71 Å². The third kappa shape index (κ3) is 3.50. The van der Waals surface area contributed by atoms with Crippen molar-refractivity contribution in [3.63, 3.8) is 0 Å². The molecule has 0 rings (SSSR count). The molecule has 64 valence electrons. The molecule has 0 aliphatic rings. The van der Waals surface area contributed by atoms with Gasteiger partial charge >= 0.3 is 91.2 Å². The summed E-state index contributed by atoms with van der Waals surface area (Å²) in [5, 5.41) is 19.3. The molecule has 0 aliphatic carbocycles. The third-order valence-electron chi connectivity index (χ3n) is 0.906. The molecule has 2 N–H and O–H groups in total. The second kappa shape index (κ2) is 5.49. The van der Waals surface area contributed by atoms with Crippen LogP contribution in [-0.2, 0) is 43.8 Å². The third-order valence-corrected chi connectivity index (χ3v) is 1.87. The van der Waals surface area contributed by atoms with Crippen LogP contribution in [0.25, 0.3) is 0 Å². The van der Waals surface area contributed by atoms with Gasteiger partial charge in [0.2, 0.25) is 0 Å². The number of carbonyl (C=O) groups is 1. The zero-order valence-corrected chi connectivity index (χ0v) is 11.9. The Kier molecular flexibility index (Phi) is 5.43. The number of nitrogens with one attached hydrogen (secondary N) is 1. The molecule has 7 heteroatoms. The number of hydrogen-bond donors (Lipinski definition) is 2. The molecule has 0 unspecified atom stereocenters. The summed E-state index contributed by atoms with van der Waals surface area (Å²) in [4.78, 5) is 11.0. The van der Waals surface area contributed by atoms with E-state index in [2.05, 4.69) is 8.71 Å². The van der Waals surface area contributed by atoms with Crippen LogP contribution >= 0.6 is 0 Å². The van der Waals surface area contributed by atoms with E-state index in [9.17, 15) is 4.79 Å². The fourth-order valence-electron chi connectivity index (χ4n) is 0.366. The van der Waals surface area contributed by atoms with Gasteiger partial charge in [-0.05, 0) is 0 Å². The van der Waals surface area contributed by atoms with E-state index in [4.69, 9.17) is 10.5 Å². The number of rotatable bonds is 4. The standard InChI is InChI=1S/C5H5N3O2.2W/c1-2-3(9)4(6)5(10)8-7;;/h6H,1H3,(H,8,10);;. The van der Waals surface area contributed by atoms with Crippen LogP contribution < -0.4 is 0 Å². The monoisotopic (exact) mass is 507 g/mol. The summed E-state index contributed by atoms with van der Waals surface area (Å²) in [5.74, 6) is -1.10. The predicted molar refractivity (Wildman–Crippen MR) is 35.9 cm³/mol. The van der Waals surface area contributed by atoms with Crippen molar-refractivity contribution in [1.29, 1.82) is 5.41 Å². The van der Waals surface area contributed by atoms with E-state index in [0.717, 1.165) is 39.0 Å². The van der Waals surface area contributed by atoms with Crippen LogP contribution in [-0.4, -0.2) is 26.4 Å². The molecule has 0 bridgehead atoms. The molecule has 0 aromatic carbocycles. The summed E-state index contributed by atoms with van der Waals surface area (Å²) < 4.78 is 3.84. The van der Waals surface area contributed by atoms with E-state index in [1.165, 1.54) is 0 Å². The van der Waals surface area contributed by atoms with Gasteiger partial charge in [0, 0.05) is 0 Å². The van der Waals surface area contributed by atoms with E-state index in [1.54, 1.807) is 6.92 Å². The molecule has 0 saturated carbocycles. The maximum atomic E-state index is 11.0. The topological polar surface area (TPSA) is 85.9 Å². The van der Waals surface area contributed by atoms with Crippen molar-refractivity contribution < 1.29 is 48.9 Å². The molecule has 0 fully saturated rings. The first-order valence-electron chi connectivity index (χ1n) is 2.74. The number of aliphatic hydroxyl groups excluding tert-OH is 1. The minimum absolute atomic E-state index is 0.482. The van der Waals surface area contributed by atoms with Crippen molar-refractivity contribution in [1.82, 2.24) is 0 Å². The van der Waals surface area contributed by atoms with Crippen LogP contribution in [0.1, 0.15) is 6.92 Å². The van der Waals surface area contributed by atoms with E-state index in [-0.39, 0.29) is 0 Å². The zero-order chi connectivity index (χ0) is 9.72. The maximum absolute atomic E-state index is 11.0. The van der Waals surface area contributed by atoms with Gasteiger partial charge in [0.15, 0.2) is 0 Å². The molecule has 0 aromatic rings. The van der Waals surface area contributed by atoms with Gasteiger partial charge in [0.1, 0.15) is 0 Å². The average Bonchev–Trinajstić information content (AvgIpc) is 2.02. The Balaban J connectivity index is 4.62. The van der Waals surface area contributed by atoms with Gasteiger partial charge in [-0.2, -0.15) is 0 Å². The number of aliphatic hydroxyl groups is 1. The van der Waals surface area contributed by atoms with Gasteiger partial charge in [-0.1, -0.05) is 0 Å². The minimum atomic E-state index is -0.615. The number of hydrogen-bond acceptors (Lipinski definition) is 4. The summed E-state index contributed by atoms with van der Waals surface area (Å²) in [6, 6.07) is 0. The molecule has 12 heavy (non-hydrogen) atoms. The number of carbonyl (C=O) groups excluding carboxylic acids is 1.